The highest BCUT2D eigenvalue weighted by Gasteiger charge is 2.22. The number of methoxy groups -OCH3 is 1. The molecule has 1 aromatic rings. The Morgan fingerprint density at radius 2 is 1.95 bits per heavy atom. The topological polar surface area (TPSA) is 61.5 Å². The van der Waals surface area contributed by atoms with E-state index in [1.165, 1.54) is 19.2 Å². The van der Waals surface area contributed by atoms with E-state index < -0.39 is 5.97 Å². The van der Waals surface area contributed by atoms with Crippen LogP contribution in [0.25, 0.3) is 0 Å². The molecule has 0 aliphatic carbocycles. The molecule has 6 heteroatoms. The number of halogens is 1. The van der Waals surface area contributed by atoms with Crippen molar-refractivity contribution in [2.24, 2.45) is 0 Å². The highest BCUT2D eigenvalue weighted by Crippen LogP contribution is 2.31. The van der Waals surface area contributed by atoms with Crippen molar-refractivity contribution in [1.82, 2.24) is 0 Å². The first kappa shape index (κ1) is 18.5. The number of carbonyl (C=O) groups excluding carboxylic acids is 1. The summed E-state index contributed by atoms with van der Waals surface area (Å²) in [5.74, 6) is -0.504. The van der Waals surface area contributed by atoms with Crippen LogP contribution in [0.1, 0.15) is 48.5 Å². The Bertz CT molecular complexity index is 500. The predicted octanol–water partition coefficient (Wildman–Crippen LogP) is 3.07. The molecule has 1 aliphatic rings. The third kappa shape index (κ3) is 5.33. The number of carbonyl (C=O) groups is 1. The number of hydrogen-bond acceptors (Lipinski definition) is 4. The van der Waals surface area contributed by atoms with Gasteiger partial charge in [0.25, 0.3) is 0 Å². The Morgan fingerprint density at radius 3 is 2.45 bits per heavy atom. The van der Waals surface area contributed by atoms with E-state index in [2.05, 4.69) is 4.74 Å². The van der Waals surface area contributed by atoms with Crippen LogP contribution in [0.15, 0.2) is 12.1 Å². The van der Waals surface area contributed by atoms with Gasteiger partial charge in [-0.25, -0.2) is 9.18 Å². The lowest BCUT2D eigenvalue weighted by molar-refractivity contribution is 0.0601. The van der Waals surface area contributed by atoms with Crippen molar-refractivity contribution in [2.45, 2.75) is 38.4 Å². The third-order valence-corrected chi connectivity index (χ3v) is 3.24. The number of benzene rings is 1. The summed E-state index contributed by atoms with van der Waals surface area (Å²) >= 11 is 0. The molecule has 0 bridgehead atoms. The summed E-state index contributed by atoms with van der Waals surface area (Å²) in [6, 6.07) is 2.70. The van der Waals surface area contributed by atoms with Gasteiger partial charge in [-0.3, -0.25) is 0 Å². The van der Waals surface area contributed by atoms with Crippen LogP contribution in [0.3, 0.4) is 0 Å². The summed E-state index contributed by atoms with van der Waals surface area (Å²) in [6.45, 7) is 5.12. The smallest absolute Gasteiger partial charge is 0.339 e. The molecule has 120 valence electrons. The number of esters is 1. The molecule has 2 radical (unpaired) electrons. The molecular weight excluding hydrogens is 284 g/mol. The largest absolute Gasteiger partial charge is 0.465 e. The summed E-state index contributed by atoms with van der Waals surface area (Å²) in [5, 5.41) is 0. The van der Waals surface area contributed by atoms with Crippen LogP contribution in [0.4, 0.5) is 10.1 Å². The van der Waals surface area contributed by atoms with E-state index in [0.717, 1.165) is 12.8 Å². The first-order chi connectivity index (χ1) is 10.4. The van der Waals surface area contributed by atoms with Gasteiger partial charge in [-0.05, 0) is 36.5 Å². The van der Waals surface area contributed by atoms with Crippen molar-refractivity contribution in [1.29, 1.82) is 0 Å². The second-order valence-corrected chi connectivity index (χ2v) is 5.58. The van der Waals surface area contributed by atoms with E-state index in [-0.39, 0.29) is 23.0 Å². The molecule has 22 heavy (non-hydrogen) atoms. The van der Waals surface area contributed by atoms with Crippen molar-refractivity contribution in [2.75, 3.05) is 26.1 Å². The molecule has 1 heterocycles. The number of hydrogen-bond donors (Lipinski definition) is 1. The zero-order chi connectivity index (χ0) is 16.7. The molecule has 0 aromatic heterocycles. The number of ether oxygens (including phenoxy) is 2. The zero-order valence-electron chi connectivity index (χ0n) is 13.4. The van der Waals surface area contributed by atoms with Crippen LogP contribution < -0.4 is 5.73 Å². The standard InChI is InChI=1S/C13H16FNO3.C3H7B/c1-17-13(16)10-6-9(11(14)7-12(10)15)8-2-4-18-5-3-8;1-3(2)4/h6-8H,2-5,15H2,1H3;3H,1-2H3. The van der Waals surface area contributed by atoms with Gasteiger partial charge in [0.1, 0.15) is 5.82 Å². The molecule has 1 saturated heterocycles. The molecule has 1 aliphatic heterocycles. The van der Waals surface area contributed by atoms with Crippen molar-refractivity contribution >= 4 is 19.5 Å². The average Bonchev–Trinajstić information content (AvgIpc) is 2.47. The second-order valence-electron chi connectivity index (χ2n) is 5.58. The van der Waals surface area contributed by atoms with Crippen LogP contribution in [-0.4, -0.2) is 34.1 Å². The molecule has 0 amide bonds. The predicted molar refractivity (Wildman–Crippen MR) is 85.8 cm³/mol. The summed E-state index contributed by atoms with van der Waals surface area (Å²) < 4.78 is 23.8. The Balaban J connectivity index is 0.000000541. The first-order valence-corrected chi connectivity index (χ1v) is 7.37. The van der Waals surface area contributed by atoms with Gasteiger partial charge in [-0.15, -0.1) is 0 Å². The third-order valence-electron chi connectivity index (χ3n) is 3.24. The van der Waals surface area contributed by atoms with Gasteiger partial charge in [0.2, 0.25) is 0 Å². The Morgan fingerprint density at radius 1 is 1.41 bits per heavy atom. The number of nitrogens with two attached hydrogens (primary N) is 1. The number of nitrogen functional groups attached to an aromatic ring is 1. The maximum Gasteiger partial charge on any atom is 0.339 e. The molecule has 0 atom stereocenters. The molecule has 0 unspecified atom stereocenters. The van der Waals surface area contributed by atoms with Crippen LogP contribution in [0.2, 0.25) is 5.82 Å². The van der Waals surface area contributed by atoms with E-state index >= 15 is 0 Å². The zero-order valence-corrected chi connectivity index (χ0v) is 13.4. The molecular formula is C16H23BFNO3. The van der Waals surface area contributed by atoms with Crippen molar-refractivity contribution in [3.63, 3.8) is 0 Å². The minimum atomic E-state index is -0.541. The summed E-state index contributed by atoms with van der Waals surface area (Å²) in [4.78, 5) is 11.5. The van der Waals surface area contributed by atoms with E-state index in [0.29, 0.717) is 24.6 Å². The fourth-order valence-electron chi connectivity index (χ4n) is 2.21. The minimum absolute atomic E-state index is 0.0720. The van der Waals surface area contributed by atoms with Gasteiger partial charge in [0, 0.05) is 18.9 Å². The van der Waals surface area contributed by atoms with Crippen molar-refractivity contribution < 1.29 is 18.7 Å². The lowest BCUT2D eigenvalue weighted by atomic mass is 9.90. The highest BCUT2D eigenvalue weighted by atomic mass is 19.1. The maximum absolute atomic E-state index is 13.9. The van der Waals surface area contributed by atoms with Gasteiger partial charge < -0.3 is 15.2 Å². The Hall–Kier alpha value is -1.56. The van der Waals surface area contributed by atoms with Crippen molar-refractivity contribution in [3.05, 3.63) is 29.1 Å². The second kappa shape index (κ2) is 8.78. The first-order valence-electron chi connectivity index (χ1n) is 7.37. The summed E-state index contributed by atoms with van der Waals surface area (Å²) in [5.41, 5.74) is 6.48. The molecule has 2 rings (SSSR count). The van der Waals surface area contributed by atoms with Gasteiger partial charge in [0.05, 0.1) is 20.5 Å². The van der Waals surface area contributed by atoms with Gasteiger partial charge in [-0.1, -0.05) is 19.7 Å². The monoisotopic (exact) mass is 307 g/mol. The maximum atomic E-state index is 13.9. The number of rotatable bonds is 2. The van der Waals surface area contributed by atoms with E-state index in [1.54, 1.807) is 0 Å². The van der Waals surface area contributed by atoms with Gasteiger partial charge in [0.15, 0.2) is 0 Å². The van der Waals surface area contributed by atoms with Crippen molar-refractivity contribution in [3.8, 4) is 0 Å². The van der Waals surface area contributed by atoms with E-state index in [9.17, 15) is 9.18 Å². The molecule has 1 aromatic carbocycles. The lowest BCUT2D eigenvalue weighted by Gasteiger charge is -2.23. The summed E-state index contributed by atoms with van der Waals surface area (Å²) in [7, 11) is 6.39. The van der Waals surface area contributed by atoms with Crippen LogP contribution >= 0.6 is 0 Å². The minimum Gasteiger partial charge on any atom is -0.465 e. The van der Waals surface area contributed by atoms with Gasteiger partial charge >= 0.3 is 5.97 Å². The normalized spacial score (nSPS) is 15.1. The number of anilines is 1. The Kier molecular flexibility index (Phi) is 7.38. The van der Waals surface area contributed by atoms with Crippen LogP contribution in [0, 0.1) is 5.82 Å². The summed E-state index contributed by atoms with van der Waals surface area (Å²) in [6.07, 6.45) is 1.50. The quantitative estimate of drug-likeness (QED) is 0.518. The molecule has 0 saturated carbocycles. The van der Waals surface area contributed by atoms with Crippen LogP contribution in [-0.2, 0) is 9.47 Å². The molecule has 0 spiro atoms. The van der Waals surface area contributed by atoms with E-state index in [1.807, 2.05) is 13.8 Å². The lowest BCUT2D eigenvalue weighted by Crippen LogP contribution is -2.16. The fraction of sp³-hybridized carbons (Fsp3) is 0.562. The SMILES string of the molecule is COC(=O)c1cc(C2CCOCC2)c(F)cc1N.[B]C(C)C. The fourth-order valence-corrected chi connectivity index (χ4v) is 2.21. The Labute approximate surface area is 132 Å². The average molecular weight is 307 g/mol. The van der Waals surface area contributed by atoms with Gasteiger partial charge in [-0.2, -0.15) is 0 Å². The van der Waals surface area contributed by atoms with Crippen LogP contribution in [0.5, 0.6) is 0 Å². The molecule has 4 nitrogen and oxygen atoms in total. The molecule has 2 N–H and O–H groups in total. The molecule has 1 fully saturated rings. The van der Waals surface area contributed by atoms with E-state index in [4.69, 9.17) is 18.3 Å². The highest BCUT2D eigenvalue weighted by molar-refractivity contribution is 6.10.